The molecule has 4 nitrogen and oxygen atoms in total. The van der Waals surface area contributed by atoms with Gasteiger partial charge < -0.3 is 5.32 Å². The first-order valence-electron chi connectivity index (χ1n) is 5.99. The number of aromatic nitrogens is 1. The Hall–Kier alpha value is -1.40. The molecule has 0 radical (unpaired) electrons. The summed E-state index contributed by atoms with van der Waals surface area (Å²) >= 11 is 1.56. The van der Waals surface area contributed by atoms with Gasteiger partial charge in [0.15, 0.2) is 9.84 Å². The normalized spacial score (nSPS) is 11.5. The van der Waals surface area contributed by atoms with E-state index in [0.717, 1.165) is 10.7 Å². The first-order chi connectivity index (χ1) is 9.03. The van der Waals surface area contributed by atoms with Gasteiger partial charge in [0.2, 0.25) is 0 Å². The number of nitrogens with zero attached hydrogens (tertiary/aromatic N) is 1. The molecule has 0 unspecified atom stereocenters. The Morgan fingerprint density at radius 1 is 1.32 bits per heavy atom. The van der Waals surface area contributed by atoms with Gasteiger partial charge in [-0.05, 0) is 19.1 Å². The largest absolute Gasteiger partial charge is 0.377 e. The lowest BCUT2D eigenvalue weighted by molar-refractivity contribution is 0.597. The smallest absolute Gasteiger partial charge is 0.180 e. The summed E-state index contributed by atoms with van der Waals surface area (Å²) in [7, 11) is -3.21. The number of thiazole rings is 1. The molecule has 0 atom stereocenters. The number of nitrogens with one attached hydrogen (secondary N) is 1. The van der Waals surface area contributed by atoms with E-state index in [9.17, 15) is 8.42 Å². The second kappa shape index (κ2) is 5.71. The number of sulfone groups is 1. The molecule has 0 spiro atoms. The van der Waals surface area contributed by atoms with E-state index in [1.54, 1.807) is 36.5 Å². The SMILES string of the molecule is CCS(=O)(=O)c1ccccc1NCc1nc(C)cs1. The first-order valence-corrected chi connectivity index (χ1v) is 8.53. The van der Waals surface area contributed by atoms with E-state index in [1.807, 2.05) is 18.4 Å². The van der Waals surface area contributed by atoms with E-state index in [1.165, 1.54) is 0 Å². The van der Waals surface area contributed by atoms with Crippen molar-refractivity contribution < 1.29 is 8.42 Å². The number of hydrogen-bond donors (Lipinski definition) is 1. The predicted octanol–water partition coefficient (Wildman–Crippen LogP) is 2.86. The van der Waals surface area contributed by atoms with Crippen molar-refractivity contribution in [2.24, 2.45) is 0 Å². The Kier molecular flexibility index (Phi) is 4.21. The van der Waals surface area contributed by atoms with E-state index >= 15 is 0 Å². The van der Waals surface area contributed by atoms with Crippen LogP contribution >= 0.6 is 11.3 Å². The summed E-state index contributed by atoms with van der Waals surface area (Å²) in [6.07, 6.45) is 0. The minimum atomic E-state index is -3.21. The van der Waals surface area contributed by atoms with Crippen LogP contribution < -0.4 is 5.32 Å². The molecule has 0 aliphatic carbocycles. The highest BCUT2D eigenvalue weighted by atomic mass is 32.2. The van der Waals surface area contributed by atoms with Gasteiger partial charge in [0, 0.05) is 11.1 Å². The average Bonchev–Trinajstić information content (AvgIpc) is 2.82. The summed E-state index contributed by atoms with van der Waals surface area (Å²) < 4.78 is 24.0. The Labute approximate surface area is 117 Å². The molecular weight excluding hydrogens is 280 g/mol. The van der Waals surface area contributed by atoms with Gasteiger partial charge in [-0.15, -0.1) is 11.3 Å². The molecular formula is C13H16N2O2S2. The van der Waals surface area contributed by atoms with Crippen molar-refractivity contribution in [3.05, 3.63) is 40.3 Å². The number of hydrogen-bond acceptors (Lipinski definition) is 5. The van der Waals surface area contributed by atoms with Crippen molar-refractivity contribution in [3.8, 4) is 0 Å². The Balaban J connectivity index is 2.21. The van der Waals surface area contributed by atoms with Crippen LogP contribution in [0.2, 0.25) is 0 Å². The molecule has 1 aromatic heterocycles. The van der Waals surface area contributed by atoms with Crippen LogP contribution in [0.3, 0.4) is 0 Å². The van der Waals surface area contributed by atoms with Crippen molar-refractivity contribution in [2.75, 3.05) is 11.1 Å². The molecule has 2 aromatic rings. The standard InChI is InChI=1S/C13H16N2O2S2/c1-3-19(16,17)12-7-5-4-6-11(12)14-8-13-15-10(2)9-18-13/h4-7,9,14H,3,8H2,1-2H3. The third kappa shape index (κ3) is 3.33. The number of anilines is 1. The quantitative estimate of drug-likeness (QED) is 0.921. The monoisotopic (exact) mass is 296 g/mol. The lowest BCUT2D eigenvalue weighted by Crippen LogP contribution is -2.09. The zero-order valence-corrected chi connectivity index (χ0v) is 12.5. The molecule has 0 saturated carbocycles. The number of rotatable bonds is 5. The van der Waals surface area contributed by atoms with Gasteiger partial charge in [-0.25, -0.2) is 13.4 Å². The molecule has 0 saturated heterocycles. The Morgan fingerprint density at radius 3 is 2.68 bits per heavy atom. The molecule has 1 heterocycles. The fraction of sp³-hybridized carbons (Fsp3) is 0.308. The molecule has 0 fully saturated rings. The summed E-state index contributed by atoms with van der Waals surface area (Å²) in [5.41, 5.74) is 1.62. The minimum Gasteiger partial charge on any atom is -0.377 e. The van der Waals surface area contributed by atoms with E-state index in [0.29, 0.717) is 17.1 Å². The van der Waals surface area contributed by atoms with Crippen molar-refractivity contribution in [1.29, 1.82) is 0 Å². The highest BCUT2D eigenvalue weighted by Crippen LogP contribution is 2.23. The van der Waals surface area contributed by atoms with Crippen LogP contribution in [0.15, 0.2) is 34.5 Å². The van der Waals surface area contributed by atoms with Crippen LogP contribution in [-0.4, -0.2) is 19.2 Å². The number of benzene rings is 1. The maximum atomic E-state index is 12.0. The molecule has 102 valence electrons. The maximum absolute atomic E-state index is 12.0. The van der Waals surface area contributed by atoms with Gasteiger partial charge in [0.05, 0.1) is 22.9 Å². The van der Waals surface area contributed by atoms with Gasteiger partial charge >= 0.3 is 0 Å². The fourth-order valence-corrected chi connectivity index (χ4v) is 3.48. The fourth-order valence-electron chi connectivity index (χ4n) is 1.69. The lowest BCUT2D eigenvalue weighted by Gasteiger charge is -2.10. The number of para-hydroxylation sites is 1. The molecule has 2 rings (SSSR count). The van der Waals surface area contributed by atoms with Crippen LogP contribution in [-0.2, 0) is 16.4 Å². The zero-order chi connectivity index (χ0) is 13.9. The van der Waals surface area contributed by atoms with Crippen molar-refractivity contribution in [1.82, 2.24) is 4.98 Å². The zero-order valence-electron chi connectivity index (χ0n) is 10.9. The second-order valence-corrected chi connectivity index (χ2v) is 7.33. The molecule has 0 bridgehead atoms. The molecule has 0 aliphatic rings. The summed E-state index contributed by atoms with van der Waals surface area (Å²) in [6.45, 7) is 4.13. The van der Waals surface area contributed by atoms with E-state index in [-0.39, 0.29) is 5.75 Å². The molecule has 6 heteroatoms. The Morgan fingerprint density at radius 2 is 2.05 bits per heavy atom. The lowest BCUT2D eigenvalue weighted by atomic mass is 10.3. The van der Waals surface area contributed by atoms with Gasteiger partial charge in [-0.1, -0.05) is 19.1 Å². The molecule has 1 N–H and O–H groups in total. The topological polar surface area (TPSA) is 59.1 Å². The third-order valence-corrected chi connectivity index (χ3v) is 5.45. The average molecular weight is 296 g/mol. The summed E-state index contributed by atoms with van der Waals surface area (Å²) in [5, 5.41) is 6.08. The predicted molar refractivity (Wildman–Crippen MR) is 78.3 cm³/mol. The van der Waals surface area contributed by atoms with Crippen molar-refractivity contribution >= 4 is 26.9 Å². The summed E-state index contributed by atoms with van der Waals surface area (Å²) in [5.74, 6) is 0.0993. The molecule has 0 amide bonds. The summed E-state index contributed by atoms with van der Waals surface area (Å²) in [6, 6.07) is 6.97. The minimum absolute atomic E-state index is 0.0993. The maximum Gasteiger partial charge on any atom is 0.180 e. The molecule has 0 aliphatic heterocycles. The van der Waals surface area contributed by atoms with Gasteiger partial charge in [-0.3, -0.25) is 0 Å². The summed E-state index contributed by atoms with van der Waals surface area (Å²) in [4.78, 5) is 4.70. The van der Waals surface area contributed by atoms with E-state index in [2.05, 4.69) is 10.3 Å². The van der Waals surface area contributed by atoms with Crippen molar-refractivity contribution in [3.63, 3.8) is 0 Å². The highest BCUT2D eigenvalue weighted by Gasteiger charge is 2.15. The van der Waals surface area contributed by atoms with Crippen LogP contribution in [0.25, 0.3) is 0 Å². The van der Waals surface area contributed by atoms with Gasteiger partial charge in [0.25, 0.3) is 0 Å². The van der Waals surface area contributed by atoms with Crippen LogP contribution in [0.4, 0.5) is 5.69 Å². The number of aryl methyl sites for hydroxylation is 1. The van der Waals surface area contributed by atoms with Crippen LogP contribution in [0, 0.1) is 6.92 Å². The van der Waals surface area contributed by atoms with Crippen LogP contribution in [0.5, 0.6) is 0 Å². The highest BCUT2D eigenvalue weighted by molar-refractivity contribution is 7.91. The van der Waals surface area contributed by atoms with Gasteiger partial charge in [0.1, 0.15) is 5.01 Å². The Bertz CT molecular complexity index is 663. The molecule has 1 aromatic carbocycles. The van der Waals surface area contributed by atoms with E-state index < -0.39 is 9.84 Å². The van der Waals surface area contributed by atoms with Crippen molar-refractivity contribution in [2.45, 2.75) is 25.3 Å². The van der Waals surface area contributed by atoms with Gasteiger partial charge in [-0.2, -0.15) is 0 Å². The van der Waals surface area contributed by atoms with Crippen LogP contribution in [0.1, 0.15) is 17.6 Å². The second-order valence-electron chi connectivity index (χ2n) is 4.14. The third-order valence-electron chi connectivity index (χ3n) is 2.70. The van der Waals surface area contributed by atoms with E-state index in [4.69, 9.17) is 0 Å². The first kappa shape index (κ1) is 14.0. The molecule has 19 heavy (non-hydrogen) atoms.